The summed E-state index contributed by atoms with van der Waals surface area (Å²) in [5.74, 6) is 0.990. The van der Waals surface area contributed by atoms with Gasteiger partial charge in [-0.2, -0.15) is 0 Å². The van der Waals surface area contributed by atoms with E-state index in [9.17, 15) is 4.79 Å². The smallest absolute Gasteiger partial charge is 0.263 e. The molecule has 0 saturated heterocycles. The van der Waals surface area contributed by atoms with Crippen LogP contribution < -0.4 is 5.32 Å². The standard InChI is InChI=1S/C14H13N3O3S/c1-8-13(21-9(2)16-8)14(18)15-7-10-6-12(20-17-10)11-4-3-5-19-11/h3-6H,7H2,1-2H3,(H,15,18). The van der Waals surface area contributed by atoms with Crippen molar-refractivity contribution in [2.75, 3.05) is 0 Å². The van der Waals surface area contributed by atoms with Crippen molar-refractivity contribution in [3.8, 4) is 11.5 Å². The Hall–Kier alpha value is -2.41. The van der Waals surface area contributed by atoms with Crippen molar-refractivity contribution in [1.82, 2.24) is 15.5 Å². The molecule has 0 unspecified atom stereocenters. The molecule has 0 bridgehead atoms. The average molecular weight is 303 g/mol. The van der Waals surface area contributed by atoms with E-state index in [2.05, 4.69) is 15.5 Å². The van der Waals surface area contributed by atoms with Gasteiger partial charge in [0.05, 0.1) is 23.5 Å². The Kier molecular flexibility index (Phi) is 3.57. The minimum absolute atomic E-state index is 0.152. The Morgan fingerprint density at radius 3 is 2.90 bits per heavy atom. The van der Waals surface area contributed by atoms with Crippen molar-refractivity contribution in [3.05, 3.63) is 45.7 Å². The van der Waals surface area contributed by atoms with Crippen LogP contribution in [0.3, 0.4) is 0 Å². The van der Waals surface area contributed by atoms with Gasteiger partial charge in [-0.1, -0.05) is 5.16 Å². The molecule has 0 fully saturated rings. The molecule has 7 heteroatoms. The van der Waals surface area contributed by atoms with Gasteiger partial charge in [-0.05, 0) is 26.0 Å². The number of hydrogen-bond donors (Lipinski definition) is 1. The van der Waals surface area contributed by atoms with Crippen LogP contribution in [-0.2, 0) is 6.54 Å². The summed E-state index contributed by atoms with van der Waals surface area (Å²) in [6.07, 6.45) is 1.56. The van der Waals surface area contributed by atoms with Crippen molar-refractivity contribution >= 4 is 17.2 Å². The molecule has 1 amide bonds. The Morgan fingerprint density at radius 1 is 1.38 bits per heavy atom. The Balaban J connectivity index is 1.65. The summed E-state index contributed by atoms with van der Waals surface area (Å²) in [7, 11) is 0. The lowest BCUT2D eigenvalue weighted by Crippen LogP contribution is -2.22. The average Bonchev–Trinajstić information content (AvgIpc) is 3.15. The lowest BCUT2D eigenvalue weighted by Gasteiger charge is -2.00. The van der Waals surface area contributed by atoms with E-state index in [0.717, 1.165) is 10.7 Å². The van der Waals surface area contributed by atoms with Crippen molar-refractivity contribution < 1.29 is 13.7 Å². The molecule has 0 aliphatic rings. The molecular formula is C14H13N3O3S. The predicted octanol–water partition coefficient (Wildman–Crippen LogP) is 2.94. The summed E-state index contributed by atoms with van der Waals surface area (Å²) in [6, 6.07) is 5.30. The maximum Gasteiger partial charge on any atom is 0.263 e. The number of nitrogens with one attached hydrogen (secondary N) is 1. The van der Waals surface area contributed by atoms with Gasteiger partial charge in [-0.25, -0.2) is 4.98 Å². The molecule has 3 heterocycles. The fraction of sp³-hybridized carbons (Fsp3) is 0.214. The van der Waals surface area contributed by atoms with Crippen LogP contribution in [0.5, 0.6) is 0 Å². The first-order valence-corrected chi connectivity index (χ1v) is 7.17. The summed E-state index contributed by atoms with van der Waals surface area (Å²) in [5, 5.41) is 7.58. The number of hydrogen-bond acceptors (Lipinski definition) is 6. The highest BCUT2D eigenvalue weighted by Crippen LogP contribution is 2.21. The molecule has 0 radical (unpaired) electrons. The third-order valence-corrected chi connectivity index (χ3v) is 3.93. The summed E-state index contributed by atoms with van der Waals surface area (Å²) < 4.78 is 10.4. The lowest BCUT2D eigenvalue weighted by atomic mass is 10.3. The monoisotopic (exact) mass is 303 g/mol. The van der Waals surface area contributed by atoms with Gasteiger partial charge < -0.3 is 14.3 Å². The summed E-state index contributed by atoms with van der Waals surface area (Å²) in [5.41, 5.74) is 1.38. The zero-order valence-electron chi connectivity index (χ0n) is 11.5. The van der Waals surface area contributed by atoms with Crippen molar-refractivity contribution in [1.29, 1.82) is 0 Å². The van der Waals surface area contributed by atoms with Gasteiger partial charge >= 0.3 is 0 Å². The first-order valence-electron chi connectivity index (χ1n) is 6.35. The van der Waals surface area contributed by atoms with Gasteiger partial charge in [0.25, 0.3) is 5.91 Å². The van der Waals surface area contributed by atoms with Crippen LogP contribution in [0.15, 0.2) is 33.4 Å². The number of rotatable bonds is 4. The highest BCUT2D eigenvalue weighted by Gasteiger charge is 2.15. The fourth-order valence-electron chi connectivity index (χ4n) is 1.92. The van der Waals surface area contributed by atoms with Crippen LogP contribution in [0, 0.1) is 13.8 Å². The molecule has 6 nitrogen and oxygen atoms in total. The second kappa shape index (κ2) is 5.53. The maximum absolute atomic E-state index is 12.1. The highest BCUT2D eigenvalue weighted by atomic mass is 32.1. The molecule has 0 spiro atoms. The Labute approximate surface area is 124 Å². The molecule has 0 atom stereocenters. The first kappa shape index (κ1) is 13.6. The molecule has 0 aromatic carbocycles. The number of thiazole rings is 1. The normalized spacial score (nSPS) is 10.8. The fourth-order valence-corrected chi connectivity index (χ4v) is 2.76. The van der Waals surface area contributed by atoms with E-state index in [-0.39, 0.29) is 5.91 Å². The summed E-state index contributed by atoms with van der Waals surface area (Å²) >= 11 is 1.38. The number of nitrogens with zero attached hydrogens (tertiary/aromatic N) is 2. The van der Waals surface area contributed by atoms with Crippen LogP contribution in [0.4, 0.5) is 0 Å². The topological polar surface area (TPSA) is 81.2 Å². The molecule has 108 valence electrons. The van der Waals surface area contributed by atoms with Gasteiger partial charge in [0.1, 0.15) is 10.6 Å². The van der Waals surface area contributed by atoms with E-state index in [4.69, 9.17) is 8.94 Å². The van der Waals surface area contributed by atoms with Gasteiger partial charge in [0, 0.05) is 6.07 Å². The maximum atomic E-state index is 12.1. The van der Waals surface area contributed by atoms with Gasteiger partial charge in [-0.15, -0.1) is 11.3 Å². The minimum atomic E-state index is -0.152. The number of carbonyl (C=O) groups is 1. The van der Waals surface area contributed by atoms with Crippen molar-refractivity contribution in [2.24, 2.45) is 0 Å². The van der Waals surface area contributed by atoms with E-state index in [1.807, 2.05) is 13.8 Å². The highest BCUT2D eigenvalue weighted by molar-refractivity contribution is 7.13. The van der Waals surface area contributed by atoms with Gasteiger partial charge in [0.2, 0.25) is 5.76 Å². The van der Waals surface area contributed by atoms with Gasteiger partial charge in [-0.3, -0.25) is 4.79 Å². The van der Waals surface area contributed by atoms with Crippen LogP contribution in [0.1, 0.15) is 26.1 Å². The third kappa shape index (κ3) is 2.87. The first-order chi connectivity index (χ1) is 10.1. The number of aryl methyl sites for hydroxylation is 2. The summed E-state index contributed by atoms with van der Waals surface area (Å²) in [6.45, 7) is 3.99. The second-order valence-electron chi connectivity index (χ2n) is 4.49. The van der Waals surface area contributed by atoms with Crippen LogP contribution in [0.25, 0.3) is 11.5 Å². The molecule has 3 rings (SSSR count). The molecule has 1 N–H and O–H groups in total. The van der Waals surface area contributed by atoms with Crippen LogP contribution in [-0.4, -0.2) is 16.0 Å². The Morgan fingerprint density at radius 2 is 2.24 bits per heavy atom. The number of aromatic nitrogens is 2. The van der Waals surface area contributed by atoms with E-state index in [1.165, 1.54) is 11.3 Å². The van der Waals surface area contributed by atoms with E-state index >= 15 is 0 Å². The molecular weight excluding hydrogens is 290 g/mol. The molecule has 0 aliphatic carbocycles. The summed E-state index contributed by atoms with van der Waals surface area (Å²) in [4.78, 5) is 16.9. The Bertz CT molecular complexity index is 758. The molecule has 0 aliphatic heterocycles. The van der Waals surface area contributed by atoms with E-state index in [0.29, 0.717) is 28.6 Å². The quantitative estimate of drug-likeness (QED) is 0.801. The molecule has 21 heavy (non-hydrogen) atoms. The van der Waals surface area contributed by atoms with Crippen LogP contribution >= 0.6 is 11.3 Å². The third-order valence-electron chi connectivity index (χ3n) is 2.86. The zero-order chi connectivity index (χ0) is 14.8. The zero-order valence-corrected chi connectivity index (χ0v) is 12.4. The molecule has 3 aromatic rings. The van der Waals surface area contributed by atoms with E-state index in [1.54, 1.807) is 24.5 Å². The van der Waals surface area contributed by atoms with Crippen LogP contribution in [0.2, 0.25) is 0 Å². The van der Waals surface area contributed by atoms with E-state index < -0.39 is 0 Å². The van der Waals surface area contributed by atoms with Crippen molar-refractivity contribution in [3.63, 3.8) is 0 Å². The SMILES string of the molecule is Cc1nc(C)c(C(=O)NCc2cc(-c3ccco3)on2)s1. The second-order valence-corrected chi connectivity index (χ2v) is 5.69. The van der Waals surface area contributed by atoms with Crippen molar-refractivity contribution in [2.45, 2.75) is 20.4 Å². The number of furan rings is 1. The lowest BCUT2D eigenvalue weighted by molar-refractivity contribution is 0.0953. The molecule has 0 saturated carbocycles. The van der Waals surface area contributed by atoms with Gasteiger partial charge in [0.15, 0.2) is 5.76 Å². The minimum Gasteiger partial charge on any atom is -0.461 e. The predicted molar refractivity (Wildman–Crippen MR) is 77.0 cm³/mol. The molecule has 3 aromatic heterocycles. The largest absolute Gasteiger partial charge is 0.461 e. The number of amides is 1. The number of carbonyl (C=O) groups excluding carboxylic acids is 1.